The summed E-state index contributed by atoms with van der Waals surface area (Å²) in [5.74, 6) is 1.75. The Hall–Kier alpha value is -2.99. The summed E-state index contributed by atoms with van der Waals surface area (Å²) in [6.07, 6.45) is 5.57. The predicted octanol–water partition coefficient (Wildman–Crippen LogP) is 3.72. The molecule has 0 spiro atoms. The standard InChI is InChI=1S/C25H33N5O/c1-26-25(27-13-12-20-17-28-23-11-4-3-10-22(20)23)29-18-24(30-14-5-6-15-30)19-8-7-9-21(16-19)31-2/h3-4,7-11,16-17,24,28H,5-6,12-15,18H2,1-2H3,(H2,26,27,29). The van der Waals surface area contributed by atoms with E-state index in [1.807, 2.05) is 13.1 Å². The second kappa shape index (κ2) is 10.4. The van der Waals surface area contributed by atoms with Crippen molar-refractivity contribution in [2.45, 2.75) is 25.3 Å². The number of benzene rings is 2. The third-order valence-electron chi connectivity index (χ3n) is 6.11. The van der Waals surface area contributed by atoms with Gasteiger partial charge in [-0.15, -0.1) is 0 Å². The molecule has 6 heteroatoms. The van der Waals surface area contributed by atoms with E-state index in [1.54, 1.807) is 7.11 Å². The zero-order valence-electron chi connectivity index (χ0n) is 18.5. The van der Waals surface area contributed by atoms with Crippen molar-refractivity contribution >= 4 is 16.9 Å². The molecule has 3 aromatic rings. The number of hydrogen-bond donors (Lipinski definition) is 3. The van der Waals surface area contributed by atoms with E-state index < -0.39 is 0 Å². The number of aromatic amines is 1. The molecule has 1 unspecified atom stereocenters. The first kappa shape index (κ1) is 21.2. The predicted molar refractivity (Wildman–Crippen MR) is 128 cm³/mol. The lowest BCUT2D eigenvalue weighted by Gasteiger charge is -2.29. The van der Waals surface area contributed by atoms with Crippen LogP contribution in [-0.4, -0.2) is 56.2 Å². The van der Waals surface area contributed by atoms with E-state index in [4.69, 9.17) is 4.74 Å². The molecule has 6 nitrogen and oxygen atoms in total. The smallest absolute Gasteiger partial charge is 0.191 e. The van der Waals surface area contributed by atoms with Crippen molar-refractivity contribution in [2.24, 2.45) is 4.99 Å². The molecule has 0 amide bonds. The number of guanidine groups is 1. The van der Waals surface area contributed by atoms with E-state index in [-0.39, 0.29) is 0 Å². The van der Waals surface area contributed by atoms with E-state index in [0.29, 0.717) is 6.04 Å². The molecule has 3 N–H and O–H groups in total. The minimum atomic E-state index is 0.296. The Morgan fingerprint density at radius 3 is 2.77 bits per heavy atom. The average molecular weight is 420 g/mol. The number of hydrogen-bond acceptors (Lipinski definition) is 3. The highest BCUT2D eigenvalue weighted by Gasteiger charge is 2.24. The van der Waals surface area contributed by atoms with Crippen LogP contribution in [0.1, 0.15) is 30.0 Å². The van der Waals surface area contributed by atoms with E-state index >= 15 is 0 Å². The van der Waals surface area contributed by atoms with Crippen LogP contribution in [0.3, 0.4) is 0 Å². The van der Waals surface area contributed by atoms with E-state index in [1.165, 1.54) is 34.9 Å². The van der Waals surface area contributed by atoms with E-state index in [0.717, 1.165) is 44.3 Å². The van der Waals surface area contributed by atoms with Crippen LogP contribution in [0.5, 0.6) is 5.75 Å². The van der Waals surface area contributed by atoms with Crippen LogP contribution in [0.25, 0.3) is 10.9 Å². The fourth-order valence-electron chi connectivity index (χ4n) is 4.43. The lowest BCUT2D eigenvalue weighted by Crippen LogP contribution is -2.43. The molecule has 1 aliphatic heterocycles. The van der Waals surface area contributed by atoms with Gasteiger partial charge in [-0.3, -0.25) is 9.89 Å². The fraction of sp³-hybridized carbons (Fsp3) is 0.400. The molecule has 0 bridgehead atoms. The molecular formula is C25H33N5O. The number of fused-ring (bicyclic) bond motifs is 1. The Morgan fingerprint density at radius 1 is 1.13 bits per heavy atom. The maximum atomic E-state index is 5.46. The first-order chi connectivity index (χ1) is 15.3. The van der Waals surface area contributed by atoms with Gasteiger partial charge in [0.15, 0.2) is 5.96 Å². The van der Waals surface area contributed by atoms with E-state index in [9.17, 15) is 0 Å². The molecule has 1 fully saturated rings. The van der Waals surface area contributed by atoms with Crippen LogP contribution in [0.15, 0.2) is 59.7 Å². The summed E-state index contributed by atoms with van der Waals surface area (Å²) in [5.41, 5.74) is 3.79. The lowest BCUT2D eigenvalue weighted by atomic mass is 10.1. The number of nitrogens with zero attached hydrogens (tertiary/aromatic N) is 2. The second-order valence-corrected chi connectivity index (χ2v) is 8.02. The molecule has 164 valence electrons. The molecule has 2 aromatic carbocycles. The van der Waals surface area contributed by atoms with Gasteiger partial charge >= 0.3 is 0 Å². The van der Waals surface area contributed by atoms with Crippen LogP contribution >= 0.6 is 0 Å². The minimum Gasteiger partial charge on any atom is -0.497 e. The van der Waals surface area contributed by atoms with Crippen LogP contribution in [0.2, 0.25) is 0 Å². The number of aliphatic imine (C=N–C) groups is 1. The Balaban J connectivity index is 1.36. The van der Waals surface area contributed by atoms with Gasteiger partial charge in [-0.05, 0) is 61.7 Å². The number of H-pyrrole nitrogens is 1. The van der Waals surface area contributed by atoms with Gasteiger partial charge in [0.25, 0.3) is 0 Å². The van der Waals surface area contributed by atoms with Crippen LogP contribution in [0, 0.1) is 0 Å². The quantitative estimate of drug-likeness (QED) is 0.385. The molecule has 0 aliphatic carbocycles. The zero-order chi connectivity index (χ0) is 21.5. The molecular weight excluding hydrogens is 386 g/mol. The zero-order valence-corrected chi connectivity index (χ0v) is 18.5. The lowest BCUT2D eigenvalue weighted by molar-refractivity contribution is 0.245. The molecule has 4 rings (SSSR count). The van der Waals surface area contributed by atoms with Crippen molar-refractivity contribution < 1.29 is 4.74 Å². The summed E-state index contributed by atoms with van der Waals surface area (Å²) in [6, 6.07) is 17.2. The van der Waals surface area contributed by atoms with Crippen molar-refractivity contribution in [1.29, 1.82) is 0 Å². The Labute approximate surface area is 184 Å². The molecule has 0 saturated carbocycles. The summed E-state index contributed by atoms with van der Waals surface area (Å²) in [5, 5.41) is 8.31. The maximum Gasteiger partial charge on any atom is 0.191 e. The highest BCUT2D eigenvalue weighted by Crippen LogP contribution is 2.27. The molecule has 31 heavy (non-hydrogen) atoms. The van der Waals surface area contributed by atoms with Crippen molar-refractivity contribution in [2.75, 3.05) is 40.3 Å². The monoisotopic (exact) mass is 419 g/mol. The highest BCUT2D eigenvalue weighted by molar-refractivity contribution is 5.83. The number of nitrogens with one attached hydrogen (secondary N) is 3. The van der Waals surface area contributed by atoms with Crippen molar-refractivity contribution in [3.05, 3.63) is 65.9 Å². The molecule has 1 aliphatic rings. The number of likely N-dealkylation sites (tertiary alicyclic amines) is 1. The van der Waals surface area contributed by atoms with Crippen molar-refractivity contribution in [3.63, 3.8) is 0 Å². The topological polar surface area (TPSA) is 64.7 Å². The Kier molecular flexibility index (Phi) is 7.10. The summed E-state index contributed by atoms with van der Waals surface area (Å²) in [6.45, 7) is 3.90. The highest BCUT2D eigenvalue weighted by atomic mass is 16.5. The van der Waals surface area contributed by atoms with Gasteiger partial charge < -0.3 is 20.4 Å². The number of aromatic nitrogens is 1. The molecule has 1 aromatic heterocycles. The first-order valence-corrected chi connectivity index (χ1v) is 11.2. The Morgan fingerprint density at radius 2 is 1.97 bits per heavy atom. The molecule has 2 heterocycles. The van der Waals surface area contributed by atoms with Crippen LogP contribution < -0.4 is 15.4 Å². The number of para-hydroxylation sites is 1. The molecule has 0 radical (unpaired) electrons. The van der Waals surface area contributed by atoms with Crippen molar-refractivity contribution in [3.8, 4) is 5.75 Å². The summed E-state index contributed by atoms with van der Waals surface area (Å²) in [4.78, 5) is 10.3. The number of methoxy groups -OCH3 is 1. The van der Waals surface area contributed by atoms with Crippen LogP contribution in [-0.2, 0) is 6.42 Å². The fourth-order valence-corrected chi connectivity index (χ4v) is 4.43. The third kappa shape index (κ3) is 5.20. The maximum absolute atomic E-state index is 5.46. The largest absolute Gasteiger partial charge is 0.497 e. The van der Waals surface area contributed by atoms with Crippen LogP contribution in [0.4, 0.5) is 0 Å². The Bertz CT molecular complexity index is 1010. The minimum absolute atomic E-state index is 0.296. The first-order valence-electron chi connectivity index (χ1n) is 11.2. The van der Waals surface area contributed by atoms with Crippen molar-refractivity contribution in [1.82, 2.24) is 20.5 Å². The third-order valence-corrected chi connectivity index (χ3v) is 6.11. The summed E-state index contributed by atoms with van der Waals surface area (Å²) < 4.78 is 5.46. The van der Waals surface area contributed by atoms with Gasteiger partial charge in [-0.25, -0.2) is 0 Å². The SMILES string of the molecule is CN=C(NCCc1c[nH]c2ccccc12)NCC(c1cccc(OC)c1)N1CCCC1. The van der Waals surface area contributed by atoms with Gasteiger partial charge in [0.1, 0.15) is 5.75 Å². The normalized spacial score (nSPS) is 15.9. The van der Waals surface area contributed by atoms with Gasteiger partial charge in [0, 0.05) is 37.2 Å². The van der Waals surface area contributed by atoms with Gasteiger partial charge in [-0.1, -0.05) is 30.3 Å². The van der Waals surface area contributed by atoms with Gasteiger partial charge in [0.05, 0.1) is 13.2 Å². The van der Waals surface area contributed by atoms with Gasteiger partial charge in [-0.2, -0.15) is 0 Å². The summed E-state index contributed by atoms with van der Waals surface area (Å²) >= 11 is 0. The van der Waals surface area contributed by atoms with E-state index in [2.05, 4.69) is 74.2 Å². The number of ether oxygens (including phenoxy) is 1. The summed E-state index contributed by atoms with van der Waals surface area (Å²) in [7, 11) is 3.55. The average Bonchev–Trinajstić information content (AvgIpc) is 3.49. The molecule has 1 saturated heterocycles. The second-order valence-electron chi connectivity index (χ2n) is 8.02. The molecule has 1 atom stereocenters. The number of rotatable bonds is 8. The van der Waals surface area contributed by atoms with Gasteiger partial charge in [0.2, 0.25) is 0 Å².